The maximum absolute atomic E-state index is 13.0. The molecule has 1 aliphatic rings. The number of piperazine rings is 1. The highest BCUT2D eigenvalue weighted by atomic mass is 19.4. The summed E-state index contributed by atoms with van der Waals surface area (Å²) in [6, 6.07) is 4.87. The van der Waals surface area contributed by atoms with Crippen molar-refractivity contribution in [2.24, 2.45) is 0 Å². The van der Waals surface area contributed by atoms with Crippen LogP contribution in [0.3, 0.4) is 0 Å². The summed E-state index contributed by atoms with van der Waals surface area (Å²) >= 11 is 0. The van der Waals surface area contributed by atoms with Crippen LogP contribution in [-0.4, -0.2) is 42.8 Å². The van der Waals surface area contributed by atoms with Crippen molar-refractivity contribution >= 4 is 0 Å². The summed E-state index contributed by atoms with van der Waals surface area (Å²) in [6.07, 6.45) is -4.39. The lowest BCUT2D eigenvalue weighted by atomic mass is 9.98. The normalized spacial score (nSPS) is 19.4. The molecular weight excluding hydrogens is 257 g/mol. The van der Waals surface area contributed by atoms with E-state index in [0.29, 0.717) is 13.1 Å². The topological polar surface area (TPSA) is 35.5 Å². The third-order valence-electron chi connectivity index (χ3n) is 3.39. The lowest BCUT2D eigenvalue weighted by Crippen LogP contribution is -2.46. The summed E-state index contributed by atoms with van der Waals surface area (Å²) in [7, 11) is 0. The molecule has 0 amide bonds. The Balaban J connectivity index is 2.32. The molecule has 1 aromatic carbocycles. The van der Waals surface area contributed by atoms with E-state index in [1.807, 2.05) is 4.90 Å². The molecule has 1 unspecified atom stereocenters. The van der Waals surface area contributed by atoms with Gasteiger partial charge in [0.05, 0.1) is 18.2 Å². The highest BCUT2D eigenvalue weighted by Crippen LogP contribution is 2.36. The van der Waals surface area contributed by atoms with Crippen LogP contribution in [0.4, 0.5) is 13.2 Å². The Morgan fingerprint density at radius 1 is 1.21 bits per heavy atom. The van der Waals surface area contributed by atoms with Gasteiger partial charge in [-0.05, 0) is 11.6 Å². The van der Waals surface area contributed by atoms with E-state index in [-0.39, 0.29) is 12.2 Å². The number of nitrogens with zero attached hydrogens (tertiary/aromatic N) is 1. The molecule has 0 radical (unpaired) electrons. The quantitative estimate of drug-likeness (QED) is 0.879. The fourth-order valence-corrected chi connectivity index (χ4v) is 2.45. The van der Waals surface area contributed by atoms with Gasteiger partial charge in [-0.1, -0.05) is 18.2 Å². The summed E-state index contributed by atoms with van der Waals surface area (Å²) in [5, 5.41) is 12.6. The molecule has 1 heterocycles. The van der Waals surface area contributed by atoms with E-state index in [4.69, 9.17) is 0 Å². The first-order valence-corrected chi connectivity index (χ1v) is 6.26. The lowest BCUT2D eigenvalue weighted by molar-refractivity contribution is -0.139. The molecule has 1 fully saturated rings. The second kappa shape index (κ2) is 5.90. The molecule has 6 heteroatoms. The smallest absolute Gasteiger partial charge is 0.394 e. The van der Waals surface area contributed by atoms with Crippen molar-refractivity contribution in [3.63, 3.8) is 0 Å². The third kappa shape index (κ3) is 3.26. The highest BCUT2D eigenvalue weighted by molar-refractivity contribution is 5.32. The van der Waals surface area contributed by atoms with E-state index in [0.717, 1.165) is 19.2 Å². The lowest BCUT2D eigenvalue weighted by Gasteiger charge is -2.35. The number of alkyl halides is 3. The van der Waals surface area contributed by atoms with E-state index in [1.165, 1.54) is 12.1 Å². The Morgan fingerprint density at radius 3 is 2.42 bits per heavy atom. The Kier molecular flexibility index (Phi) is 4.44. The van der Waals surface area contributed by atoms with Crippen LogP contribution in [0.5, 0.6) is 0 Å². The van der Waals surface area contributed by atoms with Crippen LogP contribution in [-0.2, 0) is 6.18 Å². The zero-order valence-corrected chi connectivity index (χ0v) is 10.5. The minimum atomic E-state index is -4.39. The molecule has 0 bridgehead atoms. The van der Waals surface area contributed by atoms with Crippen LogP contribution in [0.1, 0.15) is 17.2 Å². The van der Waals surface area contributed by atoms with Gasteiger partial charge in [0, 0.05) is 26.2 Å². The van der Waals surface area contributed by atoms with Crippen LogP contribution < -0.4 is 5.32 Å². The molecule has 1 saturated heterocycles. The van der Waals surface area contributed by atoms with Crippen molar-refractivity contribution in [3.8, 4) is 0 Å². The van der Waals surface area contributed by atoms with Crippen LogP contribution in [0.2, 0.25) is 0 Å². The number of benzene rings is 1. The number of hydrogen-bond donors (Lipinski definition) is 2. The predicted octanol–water partition coefficient (Wildman–Crippen LogP) is 1.64. The van der Waals surface area contributed by atoms with Gasteiger partial charge in [-0.2, -0.15) is 13.2 Å². The number of aliphatic hydroxyl groups is 1. The first kappa shape index (κ1) is 14.3. The Labute approximate surface area is 110 Å². The first-order chi connectivity index (χ1) is 9.04. The fourth-order valence-electron chi connectivity index (χ4n) is 2.45. The minimum Gasteiger partial charge on any atom is -0.394 e. The van der Waals surface area contributed by atoms with E-state index < -0.39 is 17.8 Å². The number of aliphatic hydroxyl groups excluding tert-OH is 1. The molecule has 19 heavy (non-hydrogen) atoms. The van der Waals surface area contributed by atoms with Gasteiger partial charge in [0.15, 0.2) is 0 Å². The van der Waals surface area contributed by atoms with Gasteiger partial charge in [-0.15, -0.1) is 0 Å². The SMILES string of the molecule is OCC(c1ccccc1C(F)(F)F)N1CCNCC1. The summed E-state index contributed by atoms with van der Waals surface area (Å²) in [5.41, 5.74) is -0.507. The Bertz CT molecular complexity index is 417. The molecule has 0 aromatic heterocycles. The van der Waals surface area contributed by atoms with Gasteiger partial charge in [-0.25, -0.2) is 0 Å². The zero-order valence-electron chi connectivity index (χ0n) is 10.5. The molecular formula is C13H17F3N2O. The number of nitrogens with one attached hydrogen (secondary N) is 1. The summed E-state index contributed by atoms with van der Waals surface area (Å²) < 4.78 is 39.0. The molecule has 1 atom stereocenters. The molecule has 0 spiro atoms. The monoisotopic (exact) mass is 274 g/mol. The fraction of sp³-hybridized carbons (Fsp3) is 0.538. The van der Waals surface area contributed by atoms with Crippen molar-refractivity contribution in [1.82, 2.24) is 10.2 Å². The largest absolute Gasteiger partial charge is 0.416 e. The predicted molar refractivity (Wildman–Crippen MR) is 65.7 cm³/mol. The van der Waals surface area contributed by atoms with Crippen LogP contribution in [0.15, 0.2) is 24.3 Å². The molecule has 106 valence electrons. The van der Waals surface area contributed by atoms with Crippen molar-refractivity contribution in [2.45, 2.75) is 12.2 Å². The number of halogens is 3. The molecule has 1 aromatic rings. The second-order valence-electron chi connectivity index (χ2n) is 4.57. The standard InChI is InChI=1S/C13H17F3N2O/c14-13(15,16)11-4-2-1-3-10(11)12(9-19)18-7-5-17-6-8-18/h1-4,12,17,19H,5-9H2. The van der Waals surface area contributed by atoms with Crippen LogP contribution >= 0.6 is 0 Å². The van der Waals surface area contributed by atoms with E-state index in [2.05, 4.69) is 5.32 Å². The minimum absolute atomic E-state index is 0.152. The van der Waals surface area contributed by atoms with Crippen molar-refractivity contribution in [3.05, 3.63) is 35.4 Å². The molecule has 2 N–H and O–H groups in total. The Morgan fingerprint density at radius 2 is 1.84 bits per heavy atom. The number of rotatable bonds is 3. The van der Waals surface area contributed by atoms with E-state index in [1.54, 1.807) is 6.07 Å². The summed E-state index contributed by atoms with van der Waals surface area (Å²) in [4.78, 5) is 1.89. The zero-order chi connectivity index (χ0) is 13.9. The van der Waals surface area contributed by atoms with Crippen molar-refractivity contribution in [1.29, 1.82) is 0 Å². The summed E-state index contributed by atoms with van der Waals surface area (Å²) in [6.45, 7) is 2.41. The Hall–Kier alpha value is -1.11. The van der Waals surface area contributed by atoms with Crippen LogP contribution in [0, 0.1) is 0 Å². The number of hydrogen-bond acceptors (Lipinski definition) is 3. The maximum atomic E-state index is 13.0. The molecule has 1 aliphatic heterocycles. The van der Waals surface area contributed by atoms with Crippen molar-refractivity contribution in [2.75, 3.05) is 32.8 Å². The van der Waals surface area contributed by atoms with Gasteiger partial charge >= 0.3 is 6.18 Å². The average Bonchev–Trinajstić information content (AvgIpc) is 2.40. The molecule has 0 aliphatic carbocycles. The van der Waals surface area contributed by atoms with Gasteiger partial charge in [0.2, 0.25) is 0 Å². The highest BCUT2D eigenvalue weighted by Gasteiger charge is 2.36. The van der Waals surface area contributed by atoms with Crippen LogP contribution in [0.25, 0.3) is 0 Å². The van der Waals surface area contributed by atoms with Gasteiger partial charge in [-0.3, -0.25) is 4.90 Å². The summed E-state index contributed by atoms with van der Waals surface area (Å²) in [5.74, 6) is 0. The molecule has 3 nitrogen and oxygen atoms in total. The molecule has 0 saturated carbocycles. The second-order valence-corrected chi connectivity index (χ2v) is 4.57. The van der Waals surface area contributed by atoms with Gasteiger partial charge in [0.1, 0.15) is 0 Å². The maximum Gasteiger partial charge on any atom is 0.416 e. The average molecular weight is 274 g/mol. The van der Waals surface area contributed by atoms with Gasteiger partial charge < -0.3 is 10.4 Å². The van der Waals surface area contributed by atoms with E-state index >= 15 is 0 Å². The third-order valence-corrected chi connectivity index (χ3v) is 3.39. The van der Waals surface area contributed by atoms with E-state index in [9.17, 15) is 18.3 Å². The molecule has 2 rings (SSSR count). The van der Waals surface area contributed by atoms with Crippen molar-refractivity contribution < 1.29 is 18.3 Å². The van der Waals surface area contributed by atoms with Gasteiger partial charge in [0.25, 0.3) is 0 Å². The first-order valence-electron chi connectivity index (χ1n) is 6.26.